The molecule has 1 aliphatic heterocycles. The minimum absolute atomic E-state index is 0.212. The van der Waals surface area contributed by atoms with Crippen LogP contribution in [0.25, 0.3) is 0 Å². The van der Waals surface area contributed by atoms with Crippen LogP contribution in [0, 0.1) is 0 Å². The van der Waals surface area contributed by atoms with E-state index in [1.807, 2.05) is 0 Å². The van der Waals surface area contributed by atoms with E-state index in [2.05, 4.69) is 31.9 Å². The van der Waals surface area contributed by atoms with Crippen molar-refractivity contribution >= 4 is 55.1 Å². The van der Waals surface area contributed by atoms with Crippen molar-refractivity contribution in [2.75, 3.05) is 6.54 Å². The molecule has 1 fully saturated rings. The number of nitrogens with zero attached hydrogens (tertiary/aromatic N) is 1. The van der Waals surface area contributed by atoms with Gasteiger partial charge < -0.3 is 10.0 Å². The highest BCUT2D eigenvalue weighted by atomic mass is 79.9. The predicted molar refractivity (Wildman–Crippen MR) is 76.0 cm³/mol. The minimum atomic E-state index is -0.923. The number of piperidine rings is 1. The molecule has 0 unspecified atom stereocenters. The number of aliphatic carboxylic acids is 1. The SMILES string of the molecule is O=C(O)[C@@H]1CCCCN1C(=O)c1cc(Br)sc1Br. The standard InChI is InChI=1S/C11H11Br2NO3S/c12-8-5-6(9(13)18-8)10(15)14-4-2-1-3-7(14)11(16)17/h5,7H,1-4H2,(H,16,17)/t7-/m0/s1. The van der Waals surface area contributed by atoms with Gasteiger partial charge in [0.25, 0.3) is 5.91 Å². The van der Waals surface area contributed by atoms with E-state index < -0.39 is 12.0 Å². The van der Waals surface area contributed by atoms with Crippen molar-refractivity contribution in [3.8, 4) is 0 Å². The Kier molecular flexibility index (Phi) is 4.45. The first kappa shape index (κ1) is 14.0. The molecule has 1 saturated heterocycles. The van der Waals surface area contributed by atoms with E-state index in [0.717, 1.165) is 20.4 Å². The largest absolute Gasteiger partial charge is 0.480 e. The van der Waals surface area contributed by atoms with Crippen molar-refractivity contribution in [3.63, 3.8) is 0 Å². The lowest BCUT2D eigenvalue weighted by Gasteiger charge is -2.32. The van der Waals surface area contributed by atoms with E-state index >= 15 is 0 Å². The van der Waals surface area contributed by atoms with Gasteiger partial charge in [-0.15, -0.1) is 11.3 Å². The third kappa shape index (κ3) is 2.78. The van der Waals surface area contributed by atoms with E-state index in [-0.39, 0.29) is 5.91 Å². The topological polar surface area (TPSA) is 57.6 Å². The number of hydrogen-bond acceptors (Lipinski definition) is 3. The van der Waals surface area contributed by atoms with Crippen LogP contribution in [0.2, 0.25) is 0 Å². The fraction of sp³-hybridized carbons (Fsp3) is 0.455. The van der Waals surface area contributed by atoms with Gasteiger partial charge in [0, 0.05) is 6.54 Å². The van der Waals surface area contributed by atoms with Crippen LogP contribution < -0.4 is 0 Å². The second-order valence-corrected chi connectivity index (χ2v) is 7.84. The Morgan fingerprint density at radius 2 is 2.11 bits per heavy atom. The van der Waals surface area contributed by atoms with E-state index in [0.29, 0.717) is 18.5 Å². The zero-order valence-electron chi connectivity index (χ0n) is 9.36. The summed E-state index contributed by atoms with van der Waals surface area (Å²) in [4.78, 5) is 25.0. The number of carboxylic acids is 1. The lowest BCUT2D eigenvalue weighted by atomic mass is 10.0. The molecular formula is C11H11Br2NO3S. The fourth-order valence-electron chi connectivity index (χ4n) is 2.07. The molecule has 0 aromatic carbocycles. The highest BCUT2D eigenvalue weighted by Crippen LogP contribution is 2.33. The lowest BCUT2D eigenvalue weighted by Crippen LogP contribution is -2.47. The summed E-state index contributed by atoms with van der Waals surface area (Å²) < 4.78 is 1.58. The number of carbonyl (C=O) groups excluding carboxylic acids is 1. The molecule has 0 saturated carbocycles. The van der Waals surface area contributed by atoms with Crippen LogP contribution in [-0.2, 0) is 4.79 Å². The second kappa shape index (κ2) is 5.71. The molecule has 1 N–H and O–H groups in total. The summed E-state index contributed by atoms with van der Waals surface area (Å²) >= 11 is 8.07. The van der Waals surface area contributed by atoms with Gasteiger partial charge in [-0.25, -0.2) is 4.79 Å². The van der Waals surface area contributed by atoms with E-state index in [4.69, 9.17) is 5.11 Å². The molecule has 18 heavy (non-hydrogen) atoms. The Hall–Kier alpha value is -0.400. The highest BCUT2D eigenvalue weighted by molar-refractivity contribution is 9.12. The lowest BCUT2D eigenvalue weighted by molar-refractivity contribution is -0.143. The molecule has 98 valence electrons. The number of amides is 1. The minimum Gasteiger partial charge on any atom is -0.480 e. The van der Waals surface area contributed by atoms with Crippen LogP contribution in [0.4, 0.5) is 0 Å². The normalized spacial score (nSPS) is 19.9. The smallest absolute Gasteiger partial charge is 0.326 e. The van der Waals surface area contributed by atoms with Gasteiger partial charge in [-0.05, 0) is 57.2 Å². The number of rotatable bonds is 2. The maximum atomic E-state index is 12.4. The van der Waals surface area contributed by atoms with Crippen molar-refractivity contribution in [2.45, 2.75) is 25.3 Å². The zero-order chi connectivity index (χ0) is 13.3. The van der Waals surface area contributed by atoms with Gasteiger partial charge in [-0.3, -0.25) is 4.79 Å². The summed E-state index contributed by atoms with van der Waals surface area (Å²) in [7, 11) is 0. The number of likely N-dealkylation sites (tertiary alicyclic amines) is 1. The monoisotopic (exact) mass is 395 g/mol. The summed E-state index contributed by atoms with van der Waals surface area (Å²) in [5, 5.41) is 9.17. The Bertz CT molecular complexity index is 489. The van der Waals surface area contributed by atoms with Gasteiger partial charge in [-0.2, -0.15) is 0 Å². The molecule has 1 aromatic rings. The van der Waals surface area contributed by atoms with E-state index in [1.54, 1.807) is 6.07 Å². The Balaban J connectivity index is 2.26. The van der Waals surface area contributed by atoms with Crippen LogP contribution in [0.1, 0.15) is 29.6 Å². The van der Waals surface area contributed by atoms with Crippen molar-refractivity contribution in [1.29, 1.82) is 0 Å². The number of hydrogen-bond donors (Lipinski definition) is 1. The molecule has 4 nitrogen and oxygen atoms in total. The summed E-state index contributed by atoms with van der Waals surface area (Å²) in [6.45, 7) is 0.510. The quantitative estimate of drug-likeness (QED) is 0.833. The van der Waals surface area contributed by atoms with Crippen LogP contribution in [-0.4, -0.2) is 34.5 Å². The number of carbonyl (C=O) groups is 2. The molecule has 2 heterocycles. The maximum absolute atomic E-state index is 12.4. The molecule has 1 aromatic heterocycles. The van der Waals surface area contributed by atoms with Gasteiger partial charge in [0.1, 0.15) is 6.04 Å². The second-order valence-electron chi connectivity index (χ2n) is 4.09. The fourth-order valence-corrected chi connectivity index (χ4v) is 4.85. The van der Waals surface area contributed by atoms with Gasteiger partial charge >= 0.3 is 5.97 Å². The van der Waals surface area contributed by atoms with Gasteiger partial charge in [0.2, 0.25) is 0 Å². The Morgan fingerprint density at radius 3 is 2.67 bits per heavy atom. The van der Waals surface area contributed by atoms with Crippen LogP contribution in [0.5, 0.6) is 0 Å². The van der Waals surface area contributed by atoms with Gasteiger partial charge in [-0.1, -0.05) is 0 Å². The van der Waals surface area contributed by atoms with Crippen molar-refractivity contribution in [3.05, 3.63) is 19.2 Å². The third-order valence-electron chi connectivity index (χ3n) is 2.94. The molecule has 0 bridgehead atoms. The van der Waals surface area contributed by atoms with E-state index in [1.165, 1.54) is 16.2 Å². The highest BCUT2D eigenvalue weighted by Gasteiger charge is 2.33. The molecule has 0 spiro atoms. The van der Waals surface area contributed by atoms with Gasteiger partial charge in [0.05, 0.1) is 13.1 Å². The van der Waals surface area contributed by atoms with Crippen LogP contribution >= 0.6 is 43.2 Å². The molecular weight excluding hydrogens is 386 g/mol. The first-order chi connectivity index (χ1) is 8.50. The average molecular weight is 397 g/mol. The number of halogens is 2. The van der Waals surface area contributed by atoms with Crippen LogP contribution in [0.3, 0.4) is 0 Å². The van der Waals surface area contributed by atoms with Crippen molar-refractivity contribution in [1.82, 2.24) is 4.90 Å². The molecule has 0 radical (unpaired) electrons. The molecule has 1 atom stereocenters. The molecule has 1 amide bonds. The molecule has 7 heteroatoms. The van der Waals surface area contributed by atoms with Crippen LogP contribution in [0.15, 0.2) is 13.6 Å². The third-order valence-corrected chi connectivity index (χ3v) is 5.28. The average Bonchev–Trinajstić information content (AvgIpc) is 2.67. The Morgan fingerprint density at radius 1 is 1.39 bits per heavy atom. The summed E-state index contributed by atoms with van der Waals surface area (Å²) in [5.74, 6) is -1.13. The number of carboxylic acid groups (broad SMARTS) is 1. The maximum Gasteiger partial charge on any atom is 0.326 e. The Labute approximate surface area is 125 Å². The zero-order valence-corrected chi connectivity index (χ0v) is 13.3. The first-order valence-electron chi connectivity index (χ1n) is 5.49. The summed E-state index contributed by atoms with van der Waals surface area (Å²) in [6.07, 6.45) is 2.25. The molecule has 1 aliphatic rings. The van der Waals surface area contributed by atoms with E-state index in [9.17, 15) is 9.59 Å². The van der Waals surface area contributed by atoms with Crippen molar-refractivity contribution in [2.24, 2.45) is 0 Å². The molecule has 2 rings (SSSR count). The molecule has 0 aliphatic carbocycles. The number of thiophene rings is 1. The first-order valence-corrected chi connectivity index (χ1v) is 7.89. The van der Waals surface area contributed by atoms with Crippen molar-refractivity contribution < 1.29 is 14.7 Å². The summed E-state index contributed by atoms with van der Waals surface area (Å²) in [6, 6.07) is 1.03. The summed E-state index contributed by atoms with van der Waals surface area (Å²) in [5.41, 5.74) is 0.528. The predicted octanol–water partition coefficient (Wildman–Crippen LogP) is 3.35. The van der Waals surface area contributed by atoms with Gasteiger partial charge in [0.15, 0.2) is 0 Å².